The summed E-state index contributed by atoms with van der Waals surface area (Å²) < 4.78 is 9.42. The molecule has 0 fully saturated rings. The van der Waals surface area contributed by atoms with Crippen molar-refractivity contribution in [1.29, 1.82) is 0 Å². The summed E-state index contributed by atoms with van der Waals surface area (Å²) in [5.41, 5.74) is 2.89. The predicted octanol–water partition coefficient (Wildman–Crippen LogP) is 0.817. The number of aromatic nitrogens is 5. The van der Waals surface area contributed by atoms with Crippen molar-refractivity contribution in [2.75, 3.05) is 13.2 Å². The number of nitrogens with one attached hydrogen (secondary N) is 1. The topological polar surface area (TPSA) is 69.8 Å². The van der Waals surface area contributed by atoms with Gasteiger partial charge >= 0.3 is 0 Å². The first-order valence-electron chi connectivity index (χ1n) is 6.84. The van der Waals surface area contributed by atoms with Crippen LogP contribution in [0.1, 0.15) is 24.0 Å². The molecule has 7 heteroatoms. The van der Waals surface area contributed by atoms with Crippen molar-refractivity contribution >= 4 is 0 Å². The van der Waals surface area contributed by atoms with Crippen LogP contribution in [0, 0.1) is 13.8 Å². The van der Waals surface area contributed by atoms with Crippen molar-refractivity contribution < 1.29 is 4.74 Å². The molecule has 2 aromatic rings. The molecule has 0 radical (unpaired) electrons. The predicted molar refractivity (Wildman–Crippen MR) is 75.6 cm³/mol. The first kappa shape index (κ1) is 14.5. The van der Waals surface area contributed by atoms with Gasteiger partial charge in [0.05, 0.1) is 17.9 Å². The molecule has 1 N–H and O–H groups in total. The fraction of sp³-hybridized carbons (Fsp3) is 0.615. The van der Waals surface area contributed by atoms with Crippen LogP contribution in [-0.2, 0) is 20.1 Å². The second-order valence-electron chi connectivity index (χ2n) is 4.73. The number of nitrogens with zero attached hydrogens (tertiary/aromatic N) is 5. The van der Waals surface area contributed by atoms with Gasteiger partial charge in [-0.25, -0.2) is 4.68 Å². The van der Waals surface area contributed by atoms with Crippen LogP contribution >= 0.6 is 0 Å². The van der Waals surface area contributed by atoms with Gasteiger partial charge in [-0.15, -0.1) is 5.10 Å². The van der Waals surface area contributed by atoms with Gasteiger partial charge < -0.3 is 10.1 Å². The van der Waals surface area contributed by atoms with E-state index in [0.29, 0.717) is 13.2 Å². The number of ether oxygens (including phenoxy) is 1. The second kappa shape index (κ2) is 6.51. The minimum Gasteiger partial charge on any atom is -0.488 e. The van der Waals surface area contributed by atoms with Crippen LogP contribution in [0.5, 0.6) is 5.75 Å². The molecule has 2 aromatic heterocycles. The molecule has 0 amide bonds. The standard InChI is InChI=1S/C13H22N6O/c1-5-14-8-12-9-19(17-15-12)6-7-20-13-10(2)16-18(4)11(13)3/h9,14H,5-8H2,1-4H3. The van der Waals surface area contributed by atoms with Gasteiger partial charge in [0, 0.05) is 19.8 Å². The molecule has 20 heavy (non-hydrogen) atoms. The van der Waals surface area contributed by atoms with Crippen LogP contribution in [0.4, 0.5) is 0 Å². The van der Waals surface area contributed by atoms with E-state index in [9.17, 15) is 0 Å². The Morgan fingerprint density at radius 2 is 2.15 bits per heavy atom. The molecule has 0 unspecified atom stereocenters. The molecule has 0 bridgehead atoms. The fourth-order valence-electron chi connectivity index (χ4n) is 1.99. The monoisotopic (exact) mass is 278 g/mol. The Kier molecular flexibility index (Phi) is 4.73. The molecule has 0 saturated heterocycles. The second-order valence-corrected chi connectivity index (χ2v) is 4.73. The first-order chi connectivity index (χ1) is 9.61. The lowest BCUT2D eigenvalue weighted by molar-refractivity contribution is 0.286. The summed E-state index contributed by atoms with van der Waals surface area (Å²) in [6.07, 6.45) is 1.94. The van der Waals surface area contributed by atoms with E-state index in [1.807, 2.05) is 31.8 Å². The molecule has 0 atom stereocenters. The lowest BCUT2D eigenvalue weighted by Gasteiger charge is -2.06. The molecule has 2 heterocycles. The maximum atomic E-state index is 5.80. The molecular weight excluding hydrogens is 256 g/mol. The zero-order valence-electron chi connectivity index (χ0n) is 12.6. The lowest BCUT2D eigenvalue weighted by atomic mass is 10.3. The zero-order chi connectivity index (χ0) is 14.5. The van der Waals surface area contributed by atoms with Crippen LogP contribution in [0.3, 0.4) is 0 Å². The van der Waals surface area contributed by atoms with Crippen LogP contribution < -0.4 is 10.1 Å². The van der Waals surface area contributed by atoms with E-state index in [-0.39, 0.29) is 0 Å². The fourth-order valence-corrected chi connectivity index (χ4v) is 1.99. The van der Waals surface area contributed by atoms with E-state index >= 15 is 0 Å². The minimum absolute atomic E-state index is 0.553. The quantitative estimate of drug-likeness (QED) is 0.812. The van der Waals surface area contributed by atoms with E-state index < -0.39 is 0 Å². The summed E-state index contributed by atoms with van der Waals surface area (Å²) >= 11 is 0. The van der Waals surface area contributed by atoms with Crippen LogP contribution in [0.25, 0.3) is 0 Å². The number of aryl methyl sites for hydroxylation is 2. The molecular formula is C13H22N6O. The van der Waals surface area contributed by atoms with E-state index in [4.69, 9.17) is 4.74 Å². The Morgan fingerprint density at radius 1 is 1.35 bits per heavy atom. The normalized spacial score (nSPS) is 11.0. The van der Waals surface area contributed by atoms with Gasteiger partial charge in [-0.1, -0.05) is 12.1 Å². The van der Waals surface area contributed by atoms with Gasteiger partial charge in [0.2, 0.25) is 0 Å². The van der Waals surface area contributed by atoms with Crippen molar-refractivity contribution in [3.63, 3.8) is 0 Å². The van der Waals surface area contributed by atoms with Gasteiger partial charge in [0.1, 0.15) is 12.3 Å². The molecule has 0 aromatic carbocycles. The highest BCUT2D eigenvalue weighted by molar-refractivity contribution is 5.31. The van der Waals surface area contributed by atoms with Gasteiger partial charge in [0.15, 0.2) is 5.75 Å². The summed E-state index contributed by atoms with van der Waals surface area (Å²) in [6, 6.07) is 0. The third kappa shape index (κ3) is 3.36. The Bertz CT molecular complexity index is 559. The summed E-state index contributed by atoms with van der Waals surface area (Å²) in [7, 11) is 1.92. The van der Waals surface area contributed by atoms with E-state index in [0.717, 1.165) is 35.9 Å². The minimum atomic E-state index is 0.553. The molecule has 0 aliphatic rings. The van der Waals surface area contributed by atoms with E-state index in [1.165, 1.54) is 0 Å². The first-order valence-corrected chi connectivity index (χ1v) is 6.84. The molecule has 0 spiro atoms. The van der Waals surface area contributed by atoms with Gasteiger partial charge in [-0.2, -0.15) is 5.10 Å². The Morgan fingerprint density at radius 3 is 2.80 bits per heavy atom. The summed E-state index contributed by atoms with van der Waals surface area (Å²) in [5.74, 6) is 0.862. The number of rotatable bonds is 7. The molecule has 7 nitrogen and oxygen atoms in total. The smallest absolute Gasteiger partial charge is 0.163 e. The summed E-state index contributed by atoms with van der Waals surface area (Å²) in [4.78, 5) is 0. The van der Waals surface area contributed by atoms with Crippen molar-refractivity contribution in [2.45, 2.75) is 33.9 Å². The Labute approximate surface area is 118 Å². The highest BCUT2D eigenvalue weighted by Crippen LogP contribution is 2.21. The van der Waals surface area contributed by atoms with Crippen molar-refractivity contribution in [2.24, 2.45) is 7.05 Å². The highest BCUT2D eigenvalue weighted by atomic mass is 16.5. The molecule has 0 aliphatic heterocycles. The molecule has 0 aliphatic carbocycles. The van der Waals surface area contributed by atoms with Crippen LogP contribution in [0.2, 0.25) is 0 Å². The van der Waals surface area contributed by atoms with Crippen LogP contribution in [0.15, 0.2) is 6.20 Å². The third-order valence-electron chi connectivity index (χ3n) is 3.15. The average molecular weight is 278 g/mol. The SMILES string of the molecule is CCNCc1cn(CCOc2c(C)nn(C)c2C)nn1. The maximum absolute atomic E-state index is 5.80. The van der Waals surface area contributed by atoms with Crippen molar-refractivity contribution in [3.8, 4) is 5.75 Å². The summed E-state index contributed by atoms with van der Waals surface area (Å²) in [6.45, 7) is 8.92. The zero-order valence-corrected chi connectivity index (χ0v) is 12.6. The molecule has 0 saturated carbocycles. The van der Waals surface area contributed by atoms with Crippen molar-refractivity contribution in [1.82, 2.24) is 30.1 Å². The average Bonchev–Trinajstić information content (AvgIpc) is 2.96. The van der Waals surface area contributed by atoms with Crippen molar-refractivity contribution in [3.05, 3.63) is 23.3 Å². The van der Waals surface area contributed by atoms with Gasteiger partial charge in [-0.3, -0.25) is 4.68 Å². The molecule has 110 valence electrons. The third-order valence-corrected chi connectivity index (χ3v) is 3.15. The molecule has 2 rings (SSSR count). The van der Waals surface area contributed by atoms with Gasteiger partial charge in [-0.05, 0) is 20.4 Å². The number of hydrogen-bond acceptors (Lipinski definition) is 5. The highest BCUT2D eigenvalue weighted by Gasteiger charge is 2.10. The lowest BCUT2D eigenvalue weighted by Crippen LogP contribution is -2.12. The largest absolute Gasteiger partial charge is 0.488 e. The van der Waals surface area contributed by atoms with E-state index in [1.54, 1.807) is 4.68 Å². The van der Waals surface area contributed by atoms with Gasteiger partial charge in [0.25, 0.3) is 0 Å². The Balaban J connectivity index is 1.85. The number of hydrogen-bond donors (Lipinski definition) is 1. The van der Waals surface area contributed by atoms with Crippen LogP contribution in [-0.4, -0.2) is 37.9 Å². The van der Waals surface area contributed by atoms with E-state index in [2.05, 4.69) is 27.7 Å². The maximum Gasteiger partial charge on any atom is 0.163 e. The summed E-state index contributed by atoms with van der Waals surface area (Å²) in [5, 5.41) is 15.7. The Hall–Kier alpha value is -1.89.